The molecule has 0 aliphatic carbocycles. The van der Waals surface area contributed by atoms with Crippen LogP contribution in [0.3, 0.4) is 0 Å². The van der Waals surface area contributed by atoms with Gasteiger partial charge in [-0.15, -0.1) is 0 Å². The fraction of sp³-hybridized carbons (Fsp3) is 0.286. The summed E-state index contributed by atoms with van der Waals surface area (Å²) in [4.78, 5) is 14.9. The highest BCUT2D eigenvalue weighted by Gasteiger charge is 2.18. The van der Waals surface area contributed by atoms with E-state index in [1.807, 2.05) is 13.8 Å². The van der Waals surface area contributed by atoms with Gasteiger partial charge in [0.1, 0.15) is 6.61 Å². The van der Waals surface area contributed by atoms with Gasteiger partial charge in [-0.25, -0.2) is 14.2 Å². The van der Waals surface area contributed by atoms with Crippen LogP contribution in [0, 0.1) is 5.82 Å². The second-order valence-corrected chi connectivity index (χ2v) is 4.56. The molecule has 1 heterocycles. The minimum Gasteiger partial charge on any atom is -0.484 e. The fourth-order valence-electron chi connectivity index (χ4n) is 1.95. The van der Waals surface area contributed by atoms with Gasteiger partial charge >= 0.3 is 5.97 Å². The Kier molecular flexibility index (Phi) is 4.02. The lowest BCUT2D eigenvalue weighted by molar-refractivity contribution is 0.0675. The summed E-state index contributed by atoms with van der Waals surface area (Å²) in [6.07, 6.45) is 1.43. The van der Waals surface area contributed by atoms with Crippen molar-refractivity contribution in [2.75, 3.05) is 0 Å². The third-order valence-electron chi connectivity index (χ3n) is 2.79. The van der Waals surface area contributed by atoms with Crippen LogP contribution >= 0.6 is 0 Å². The summed E-state index contributed by atoms with van der Waals surface area (Å²) in [7, 11) is 0. The number of para-hydroxylation sites is 1. The Morgan fingerprint density at radius 2 is 2.15 bits per heavy atom. The number of carbonyl (C=O) groups is 1. The Bertz CT molecular complexity index is 623. The lowest BCUT2D eigenvalue weighted by atomic mass is 10.3. The first-order chi connectivity index (χ1) is 9.50. The average Bonchev–Trinajstić information content (AvgIpc) is 2.82. The number of carboxylic acid groups (broad SMARTS) is 1. The van der Waals surface area contributed by atoms with Gasteiger partial charge in [0.25, 0.3) is 0 Å². The molecule has 1 aromatic carbocycles. The van der Waals surface area contributed by atoms with E-state index in [0.717, 1.165) is 0 Å². The number of nitrogens with zero attached hydrogens (tertiary/aromatic N) is 2. The van der Waals surface area contributed by atoms with Crippen molar-refractivity contribution in [1.29, 1.82) is 0 Å². The summed E-state index contributed by atoms with van der Waals surface area (Å²) in [6.45, 7) is 3.75. The van der Waals surface area contributed by atoms with Crippen LogP contribution in [-0.2, 0) is 6.61 Å². The Morgan fingerprint density at radius 1 is 1.45 bits per heavy atom. The molecule has 20 heavy (non-hydrogen) atoms. The predicted molar refractivity (Wildman–Crippen MR) is 70.3 cm³/mol. The van der Waals surface area contributed by atoms with E-state index in [1.54, 1.807) is 16.7 Å². The number of halogens is 1. The molecule has 0 aliphatic rings. The van der Waals surface area contributed by atoms with Gasteiger partial charge in [0.2, 0.25) is 5.82 Å². The van der Waals surface area contributed by atoms with Gasteiger partial charge in [0, 0.05) is 6.04 Å². The minimum absolute atomic E-state index is 0.0490. The Hall–Kier alpha value is -2.37. The molecule has 0 fully saturated rings. The molecule has 0 radical (unpaired) electrons. The average molecular weight is 278 g/mol. The van der Waals surface area contributed by atoms with Gasteiger partial charge in [-0.2, -0.15) is 0 Å². The third kappa shape index (κ3) is 2.79. The highest BCUT2D eigenvalue weighted by Crippen LogP contribution is 2.19. The zero-order valence-corrected chi connectivity index (χ0v) is 11.2. The lowest BCUT2D eigenvalue weighted by Gasteiger charge is -2.14. The van der Waals surface area contributed by atoms with E-state index in [0.29, 0.717) is 5.69 Å². The lowest BCUT2D eigenvalue weighted by Crippen LogP contribution is -2.15. The Morgan fingerprint density at radius 3 is 2.75 bits per heavy atom. The predicted octanol–water partition coefficient (Wildman–Crippen LogP) is 2.88. The quantitative estimate of drug-likeness (QED) is 0.913. The molecule has 0 amide bonds. The summed E-state index contributed by atoms with van der Waals surface area (Å²) in [6, 6.07) is 5.98. The number of aromatic nitrogens is 2. The van der Waals surface area contributed by atoms with Crippen molar-refractivity contribution in [2.45, 2.75) is 26.5 Å². The minimum atomic E-state index is -1.10. The zero-order chi connectivity index (χ0) is 14.7. The van der Waals surface area contributed by atoms with E-state index in [4.69, 9.17) is 9.84 Å². The summed E-state index contributed by atoms with van der Waals surface area (Å²) >= 11 is 0. The summed E-state index contributed by atoms with van der Waals surface area (Å²) < 4.78 is 20.4. The van der Waals surface area contributed by atoms with Crippen LogP contribution in [0.2, 0.25) is 0 Å². The van der Waals surface area contributed by atoms with Crippen LogP contribution in [0.4, 0.5) is 4.39 Å². The highest BCUT2D eigenvalue weighted by atomic mass is 19.1. The molecule has 1 N–H and O–H groups in total. The SMILES string of the molecule is CC(C)n1c(COc2ccccc2F)cnc1C(=O)O. The van der Waals surface area contributed by atoms with Crippen molar-refractivity contribution >= 4 is 5.97 Å². The largest absolute Gasteiger partial charge is 0.484 e. The van der Waals surface area contributed by atoms with Gasteiger partial charge in [0.15, 0.2) is 11.6 Å². The smallest absolute Gasteiger partial charge is 0.372 e. The molecule has 0 saturated heterocycles. The maximum Gasteiger partial charge on any atom is 0.372 e. The van der Waals surface area contributed by atoms with E-state index < -0.39 is 11.8 Å². The van der Waals surface area contributed by atoms with Crippen molar-refractivity contribution in [3.8, 4) is 5.75 Å². The maximum absolute atomic E-state index is 13.4. The molecular formula is C14H15FN2O3. The van der Waals surface area contributed by atoms with Crippen molar-refractivity contribution in [1.82, 2.24) is 9.55 Å². The van der Waals surface area contributed by atoms with Crippen molar-refractivity contribution in [3.63, 3.8) is 0 Å². The first-order valence-electron chi connectivity index (χ1n) is 6.17. The number of ether oxygens (including phenoxy) is 1. The van der Waals surface area contributed by atoms with Gasteiger partial charge in [-0.1, -0.05) is 12.1 Å². The molecule has 0 atom stereocenters. The number of benzene rings is 1. The number of hydrogen-bond acceptors (Lipinski definition) is 3. The summed E-state index contributed by atoms with van der Waals surface area (Å²) in [5.41, 5.74) is 0.584. The molecule has 5 nitrogen and oxygen atoms in total. The van der Waals surface area contributed by atoms with Crippen LogP contribution in [0.25, 0.3) is 0 Å². The van der Waals surface area contributed by atoms with Crippen LogP contribution < -0.4 is 4.74 Å². The monoisotopic (exact) mass is 278 g/mol. The normalized spacial score (nSPS) is 10.8. The molecule has 1 aromatic heterocycles. The van der Waals surface area contributed by atoms with Gasteiger partial charge < -0.3 is 14.4 Å². The van der Waals surface area contributed by atoms with Crippen LogP contribution in [0.1, 0.15) is 36.2 Å². The van der Waals surface area contributed by atoms with E-state index in [2.05, 4.69) is 4.98 Å². The molecule has 2 aromatic rings. The molecule has 0 spiro atoms. The Balaban J connectivity index is 2.22. The number of hydrogen-bond donors (Lipinski definition) is 1. The standard InChI is InChI=1S/C14H15FN2O3/c1-9(2)17-10(7-16-13(17)14(18)19)8-20-12-6-4-3-5-11(12)15/h3-7,9H,8H2,1-2H3,(H,18,19). The number of aromatic carboxylic acids is 1. The molecule has 2 rings (SSSR count). The van der Waals surface area contributed by atoms with Crippen LogP contribution in [0.15, 0.2) is 30.5 Å². The van der Waals surface area contributed by atoms with Crippen molar-refractivity contribution in [3.05, 3.63) is 47.8 Å². The first-order valence-corrected chi connectivity index (χ1v) is 6.17. The third-order valence-corrected chi connectivity index (χ3v) is 2.79. The number of imidazole rings is 1. The van der Waals surface area contributed by atoms with Crippen LogP contribution in [0.5, 0.6) is 5.75 Å². The van der Waals surface area contributed by atoms with Crippen molar-refractivity contribution < 1.29 is 19.0 Å². The zero-order valence-electron chi connectivity index (χ0n) is 11.2. The van der Waals surface area contributed by atoms with Gasteiger partial charge in [-0.05, 0) is 26.0 Å². The van der Waals surface area contributed by atoms with Crippen molar-refractivity contribution in [2.24, 2.45) is 0 Å². The fourth-order valence-corrected chi connectivity index (χ4v) is 1.95. The van der Waals surface area contributed by atoms with E-state index in [1.165, 1.54) is 18.3 Å². The summed E-state index contributed by atoms with van der Waals surface area (Å²) in [5.74, 6) is -1.48. The van der Waals surface area contributed by atoms with E-state index >= 15 is 0 Å². The number of rotatable bonds is 5. The highest BCUT2D eigenvalue weighted by molar-refractivity contribution is 5.83. The molecule has 0 aliphatic heterocycles. The number of carboxylic acids is 1. The topological polar surface area (TPSA) is 64.4 Å². The van der Waals surface area contributed by atoms with Crippen LogP contribution in [-0.4, -0.2) is 20.6 Å². The molecule has 0 saturated carbocycles. The Labute approximate surface area is 115 Å². The molecule has 6 heteroatoms. The molecule has 0 bridgehead atoms. The molecule has 106 valence electrons. The first kappa shape index (κ1) is 14.0. The van der Waals surface area contributed by atoms with Gasteiger partial charge in [-0.3, -0.25) is 0 Å². The van der Waals surface area contributed by atoms with E-state index in [-0.39, 0.29) is 24.2 Å². The molecule has 0 unspecified atom stereocenters. The summed E-state index contributed by atoms with van der Waals surface area (Å²) in [5, 5.41) is 9.07. The second-order valence-electron chi connectivity index (χ2n) is 4.56. The molecular weight excluding hydrogens is 263 g/mol. The van der Waals surface area contributed by atoms with Gasteiger partial charge in [0.05, 0.1) is 11.9 Å². The maximum atomic E-state index is 13.4. The van der Waals surface area contributed by atoms with E-state index in [9.17, 15) is 9.18 Å². The second kappa shape index (κ2) is 5.73.